The Morgan fingerprint density at radius 3 is 2.62 bits per heavy atom. The maximum atomic E-state index is 11.2. The third-order valence-electron chi connectivity index (χ3n) is 2.41. The molecule has 0 saturated carbocycles. The number of carboxylic acid groups (broad SMARTS) is 1. The van der Waals surface area contributed by atoms with Crippen molar-refractivity contribution in [3.63, 3.8) is 0 Å². The lowest BCUT2D eigenvalue weighted by Crippen LogP contribution is -2.12. The van der Waals surface area contributed by atoms with Crippen LogP contribution >= 0.6 is 0 Å². The monoisotopic (exact) mass is 312 g/mol. The second kappa shape index (κ2) is 5.38. The summed E-state index contributed by atoms with van der Waals surface area (Å²) in [6, 6.07) is 2.74. The van der Waals surface area contributed by atoms with Gasteiger partial charge in [-0.05, 0) is 23.4 Å². The summed E-state index contributed by atoms with van der Waals surface area (Å²) in [7, 11) is -4.54. The summed E-state index contributed by atoms with van der Waals surface area (Å²) in [5, 5.41) is 20.3. The number of aromatic carboxylic acids is 1. The molecule has 0 aromatic heterocycles. The molecule has 1 heterocycles. The van der Waals surface area contributed by atoms with Crippen molar-refractivity contribution in [1.29, 1.82) is 0 Å². The van der Waals surface area contributed by atoms with Gasteiger partial charge in [-0.25, -0.2) is 4.79 Å². The number of nitrogens with zero attached hydrogens (tertiary/aromatic N) is 4. The topological polar surface area (TPSA) is 149 Å². The zero-order chi connectivity index (χ0) is 15.6. The molecule has 0 saturated heterocycles. The van der Waals surface area contributed by atoms with Gasteiger partial charge in [0.2, 0.25) is 0 Å². The van der Waals surface area contributed by atoms with Crippen LogP contribution in [0.1, 0.15) is 16.8 Å². The number of carbonyl (C=O) groups is 2. The minimum Gasteiger partial charge on any atom is -0.478 e. The molecule has 0 bridgehead atoms. The van der Waals surface area contributed by atoms with E-state index in [1.165, 1.54) is 6.21 Å². The maximum Gasteiger partial charge on any atom is 0.338 e. The first-order chi connectivity index (χ1) is 9.79. The number of carbonyl (C=O) groups excluding carboxylic acids is 1. The first-order valence-electron chi connectivity index (χ1n) is 5.41. The van der Waals surface area contributed by atoms with Crippen LogP contribution in [0.4, 0.5) is 5.69 Å². The molecule has 1 aromatic rings. The standard InChI is InChI=1S/C10H8N4O6S/c15-9-3-4-11-14(9)13-12-8-2-1-6(21(18,19)20)5-7(8)10(16)17/h1-2,4-5H,3H2,(H,16,17)(H,18,19,20). The number of amides is 1. The van der Waals surface area contributed by atoms with Crippen LogP contribution in [-0.4, -0.2) is 41.3 Å². The summed E-state index contributed by atoms with van der Waals surface area (Å²) >= 11 is 0. The van der Waals surface area contributed by atoms with Crippen LogP contribution in [0.25, 0.3) is 0 Å². The quantitative estimate of drug-likeness (QED) is 0.621. The average Bonchev–Trinajstić information content (AvgIpc) is 2.80. The van der Waals surface area contributed by atoms with Crippen LogP contribution in [0.2, 0.25) is 0 Å². The molecule has 110 valence electrons. The van der Waals surface area contributed by atoms with Crippen molar-refractivity contribution < 1.29 is 27.7 Å². The first-order valence-corrected chi connectivity index (χ1v) is 6.85. The Morgan fingerprint density at radius 1 is 1.38 bits per heavy atom. The fourth-order valence-electron chi connectivity index (χ4n) is 1.44. The second-order valence-electron chi connectivity index (χ2n) is 3.83. The summed E-state index contributed by atoms with van der Waals surface area (Å²) in [5.41, 5.74) is -0.686. The van der Waals surface area contributed by atoms with Crippen molar-refractivity contribution in [1.82, 2.24) is 5.12 Å². The Kier molecular flexibility index (Phi) is 3.78. The van der Waals surface area contributed by atoms with Gasteiger partial charge in [-0.2, -0.15) is 13.5 Å². The van der Waals surface area contributed by atoms with E-state index in [2.05, 4.69) is 15.4 Å². The Balaban J connectivity index is 2.40. The predicted octanol–water partition coefficient (Wildman–Crippen LogP) is 0.848. The molecule has 11 heteroatoms. The van der Waals surface area contributed by atoms with Gasteiger partial charge in [0.1, 0.15) is 5.69 Å². The minimum atomic E-state index is -4.54. The summed E-state index contributed by atoms with van der Waals surface area (Å²) in [6.07, 6.45) is 1.37. The summed E-state index contributed by atoms with van der Waals surface area (Å²) < 4.78 is 30.8. The molecule has 1 aromatic carbocycles. The van der Waals surface area contributed by atoms with Gasteiger partial charge >= 0.3 is 5.97 Å². The van der Waals surface area contributed by atoms with Gasteiger partial charge in [-0.15, -0.1) is 5.11 Å². The molecule has 1 aliphatic heterocycles. The molecule has 0 spiro atoms. The van der Waals surface area contributed by atoms with Gasteiger partial charge in [-0.1, -0.05) is 5.12 Å². The molecular weight excluding hydrogens is 304 g/mol. The molecule has 1 aliphatic rings. The molecule has 1 amide bonds. The number of benzene rings is 1. The molecule has 0 atom stereocenters. The Hall–Kier alpha value is -2.66. The van der Waals surface area contributed by atoms with Crippen molar-refractivity contribution in [2.75, 3.05) is 0 Å². The lowest BCUT2D eigenvalue weighted by molar-refractivity contribution is -0.129. The van der Waals surface area contributed by atoms with E-state index < -0.39 is 32.5 Å². The van der Waals surface area contributed by atoms with Crippen LogP contribution < -0.4 is 0 Å². The van der Waals surface area contributed by atoms with E-state index in [0.29, 0.717) is 5.12 Å². The summed E-state index contributed by atoms with van der Waals surface area (Å²) in [5.74, 6) is -1.91. The SMILES string of the molecule is O=C(O)c1cc(S(=O)(=O)O)ccc1N=NN1N=CCC1=O. The van der Waals surface area contributed by atoms with Crippen molar-refractivity contribution in [3.05, 3.63) is 23.8 Å². The largest absolute Gasteiger partial charge is 0.478 e. The number of rotatable bonds is 4. The van der Waals surface area contributed by atoms with E-state index in [1.807, 2.05) is 0 Å². The first kappa shape index (κ1) is 14.7. The molecule has 10 nitrogen and oxygen atoms in total. The molecule has 0 unspecified atom stereocenters. The van der Waals surface area contributed by atoms with Crippen molar-refractivity contribution in [3.8, 4) is 0 Å². The van der Waals surface area contributed by atoms with Crippen molar-refractivity contribution in [2.24, 2.45) is 15.4 Å². The highest BCUT2D eigenvalue weighted by molar-refractivity contribution is 7.85. The number of hydrogen-bond acceptors (Lipinski definition) is 7. The number of hydrazone groups is 1. The zero-order valence-corrected chi connectivity index (χ0v) is 11.1. The highest BCUT2D eigenvalue weighted by atomic mass is 32.2. The van der Waals surface area contributed by atoms with Crippen LogP contribution in [0.3, 0.4) is 0 Å². The molecule has 21 heavy (non-hydrogen) atoms. The minimum absolute atomic E-state index is 0.0620. The highest BCUT2D eigenvalue weighted by Crippen LogP contribution is 2.24. The van der Waals surface area contributed by atoms with Gasteiger partial charge in [0.05, 0.1) is 16.9 Å². The molecule has 0 radical (unpaired) electrons. The lowest BCUT2D eigenvalue weighted by Gasteiger charge is -2.04. The summed E-state index contributed by atoms with van der Waals surface area (Å²) in [6.45, 7) is 0. The third kappa shape index (κ3) is 3.27. The van der Waals surface area contributed by atoms with E-state index >= 15 is 0 Å². The van der Waals surface area contributed by atoms with Gasteiger partial charge in [0, 0.05) is 6.21 Å². The second-order valence-corrected chi connectivity index (χ2v) is 5.26. The van der Waals surface area contributed by atoms with Gasteiger partial charge < -0.3 is 5.11 Å². The van der Waals surface area contributed by atoms with Crippen molar-refractivity contribution in [2.45, 2.75) is 11.3 Å². The normalized spacial score (nSPS) is 15.1. The number of hydrogen-bond donors (Lipinski definition) is 2. The average molecular weight is 312 g/mol. The molecule has 0 fully saturated rings. The predicted molar refractivity (Wildman–Crippen MR) is 67.7 cm³/mol. The van der Waals surface area contributed by atoms with Gasteiger partial charge in [-0.3, -0.25) is 9.35 Å². The van der Waals surface area contributed by atoms with Crippen LogP contribution in [0.5, 0.6) is 0 Å². The summed E-state index contributed by atoms with van der Waals surface area (Å²) in [4.78, 5) is 21.7. The van der Waals surface area contributed by atoms with Gasteiger partial charge in [0.25, 0.3) is 16.0 Å². The Labute approximate surface area is 118 Å². The van der Waals surface area contributed by atoms with E-state index in [-0.39, 0.29) is 12.1 Å². The molecule has 0 aliphatic carbocycles. The highest BCUT2D eigenvalue weighted by Gasteiger charge is 2.19. The zero-order valence-electron chi connectivity index (χ0n) is 10.2. The van der Waals surface area contributed by atoms with E-state index in [9.17, 15) is 18.0 Å². The fourth-order valence-corrected chi connectivity index (χ4v) is 1.95. The van der Waals surface area contributed by atoms with E-state index in [0.717, 1.165) is 18.2 Å². The van der Waals surface area contributed by atoms with Crippen LogP contribution in [0, 0.1) is 0 Å². The lowest BCUT2D eigenvalue weighted by atomic mass is 10.2. The molecule has 2 rings (SSSR count). The maximum absolute atomic E-state index is 11.2. The molecule has 2 N–H and O–H groups in total. The van der Waals surface area contributed by atoms with Crippen LogP contribution in [-0.2, 0) is 14.9 Å². The number of carboxylic acids is 1. The molecular formula is C10H8N4O6S. The third-order valence-corrected chi connectivity index (χ3v) is 3.26. The van der Waals surface area contributed by atoms with Crippen LogP contribution in [0.15, 0.2) is 38.5 Å². The Bertz CT molecular complexity index is 770. The van der Waals surface area contributed by atoms with E-state index in [1.54, 1.807) is 0 Å². The van der Waals surface area contributed by atoms with Gasteiger partial charge in [0.15, 0.2) is 0 Å². The fraction of sp³-hybridized carbons (Fsp3) is 0.100. The Morgan fingerprint density at radius 2 is 2.10 bits per heavy atom. The smallest absolute Gasteiger partial charge is 0.338 e. The van der Waals surface area contributed by atoms with E-state index in [4.69, 9.17) is 9.66 Å². The van der Waals surface area contributed by atoms with Crippen molar-refractivity contribution >= 4 is 33.9 Å².